The standard InChI is InChI=1S/C17H25NO3/c1-18(13-14-7-3-2-4-8-14)11-12-21-16-10-6-5-9-15(16)17(19)20/h5-6,9-10,14H,2-4,7-8,11-13H2,1H3,(H,19,20). The second kappa shape index (κ2) is 8.03. The molecule has 1 aromatic carbocycles. The van der Waals surface area contributed by atoms with E-state index in [1.807, 2.05) is 0 Å². The molecule has 0 aromatic heterocycles. The minimum Gasteiger partial charge on any atom is -0.491 e. The summed E-state index contributed by atoms with van der Waals surface area (Å²) in [5, 5.41) is 9.10. The predicted molar refractivity (Wildman–Crippen MR) is 83.0 cm³/mol. The number of ether oxygens (including phenoxy) is 1. The summed E-state index contributed by atoms with van der Waals surface area (Å²) in [6, 6.07) is 6.80. The fraction of sp³-hybridized carbons (Fsp3) is 0.588. The Labute approximate surface area is 126 Å². The fourth-order valence-corrected chi connectivity index (χ4v) is 2.98. The first-order valence-corrected chi connectivity index (χ1v) is 7.80. The smallest absolute Gasteiger partial charge is 0.339 e. The summed E-state index contributed by atoms with van der Waals surface area (Å²) in [4.78, 5) is 13.4. The summed E-state index contributed by atoms with van der Waals surface area (Å²) < 4.78 is 5.64. The zero-order valence-corrected chi connectivity index (χ0v) is 12.8. The first-order chi connectivity index (χ1) is 10.2. The van der Waals surface area contributed by atoms with Crippen LogP contribution >= 0.6 is 0 Å². The van der Waals surface area contributed by atoms with Crippen LogP contribution < -0.4 is 4.74 Å². The lowest BCUT2D eigenvalue weighted by atomic mass is 9.89. The normalized spacial score (nSPS) is 16.1. The molecule has 1 saturated carbocycles. The van der Waals surface area contributed by atoms with Gasteiger partial charge in [-0.25, -0.2) is 4.79 Å². The summed E-state index contributed by atoms with van der Waals surface area (Å²) >= 11 is 0. The highest BCUT2D eigenvalue weighted by Crippen LogP contribution is 2.24. The van der Waals surface area contributed by atoms with Gasteiger partial charge in [0.1, 0.15) is 17.9 Å². The Hall–Kier alpha value is -1.55. The molecular formula is C17H25NO3. The second-order valence-electron chi connectivity index (χ2n) is 5.92. The van der Waals surface area contributed by atoms with E-state index in [-0.39, 0.29) is 5.56 Å². The molecule has 4 nitrogen and oxygen atoms in total. The van der Waals surface area contributed by atoms with Gasteiger partial charge in [-0.05, 0) is 37.9 Å². The van der Waals surface area contributed by atoms with Gasteiger partial charge < -0.3 is 14.7 Å². The van der Waals surface area contributed by atoms with Crippen LogP contribution in [0, 0.1) is 5.92 Å². The van der Waals surface area contributed by atoms with Crippen molar-refractivity contribution >= 4 is 5.97 Å². The molecule has 1 aromatic rings. The van der Waals surface area contributed by atoms with Crippen LogP contribution in [-0.4, -0.2) is 42.7 Å². The first-order valence-electron chi connectivity index (χ1n) is 7.80. The third-order valence-electron chi connectivity index (χ3n) is 4.14. The van der Waals surface area contributed by atoms with Crippen molar-refractivity contribution in [3.05, 3.63) is 29.8 Å². The Morgan fingerprint density at radius 2 is 2.00 bits per heavy atom. The summed E-state index contributed by atoms with van der Waals surface area (Å²) in [6.45, 7) is 2.46. The lowest BCUT2D eigenvalue weighted by Gasteiger charge is -2.26. The van der Waals surface area contributed by atoms with Crippen LogP contribution in [0.3, 0.4) is 0 Å². The van der Waals surface area contributed by atoms with E-state index in [0.29, 0.717) is 12.4 Å². The van der Waals surface area contributed by atoms with Crippen molar-refractivity contribution in [1.82, 2.24) is 4.90 Å². The molecule has 1 fully saturated rings. The van der Waals surface area contributed by atoms with Crippen LogP contribution in [0.25, 0.3) is 0 Å². The number of carboxylic acid groups (broad SMARTS) is 1. The molecule has 1 aliphatic carbocycles. The predicted octanol–water partition coefficient (Wildman–Crippen LogP) is 3.28. The number of para-hydroxylation sites is 1. The quantitative estimate of drug-likeness (QED) is 0.837. The first kappa shape index (κ1) is 15.8. The minimum atomic E-state index is -0.943. The van der Waals surface area contributed by atoms with Crippen molar-refractivity contribution in [2.75, 3.05) is 26.7 Å². The second-order valence-corrected chi connectivity index (χ2v) is 5.92. The molecule has 116 valence electrons. The Morgan fingerprint density at radius 1 is 1.29 bits per heavy atom. The molecule has 2 rings (SSSR count). The van der Waals surface area contributed by atoms with Crippen LogP contribution in [0.15, 0.2) is 24.3 Å². The lowest BCUT2D eigenvalue weighted by Crippen LogP contribution is -2.30. The molecule has 0 heterocycles. The molecule has 21 heavy (non-hydrogen) atoms. The summed E-state index contributed by atoms with van der Waals surface area (Å²) in [5.41, 5.74) is 0.229. The van der Waals surface area contributed by atoms with Crippen molar-refractivity contribution < 1.29 is 14.6 Å². The zero-order chi connectivity index (χ0) is 15.1. The minimum absolute atomic E-state index is 0.229. The number of rotatable bonds is 7. The van der Waals surface area contributed by atoms with Crippen LogP contribution in [0.2, 0.25) is 0 Å². The summed E-state index contributed by atoms with van der Waals surface area (Å²) in [5.74, 6) is 0.326. The lowest BCUT2D eigenvalue weighted by molar-refractivity contribution is 0.0691. The number of benzene rings is 1. The van der Waals surface area contributed by atoms with Gasteiger partial charge in [0.2, 0.25) is 0 Å². The third-order valence-corrected chi connectivity index (χ3v) is 4.14. The molecule has 0 radical (unpaired) electrons. The zero-order valence-electron chi connectivity index (χ0n) is 12.8. The van der Waals surface area contributed by atoms with Crippen LogP contribution in [0.1, 0.15) is 42.5 Å². The van der Waals surface area contributed by atoms with Gasteiger partial charge in [-0.1, -0.05) is 31.4 Å². The van der Waals surface area contributed by atoms with E-state index >= 15 is 0 Å². The Balaban J connectivity index is 1.74. The van der Waals surface area contributed by atoms with E-state index in [1.165, 1.54) is 32.1 Å². The maximum absolute atomic E-state index is 11.1. The number of carbonyl (C=O) groups is 1. The van der Waals surface area contributed by atoms with E-state index < -0.39 is 5.97 Å². The maximum Gasteiger partial charge on any atom is 0.339 e. The van der Waals surface area contributed by atoms with Gasteiger partial charge in [0.15, 0.2) is 0 Å². The van der Waals surface area contributed by atoms with Crippen LogP contribution in [0.5, 0.6) is 5.75 Å². The van der Waals surface area contributed by atoms with E-state index in [4.69, 9.17) is 9.84 Å². The number of carboxylic acids is 1. The number of hydrogen-bond acceptors (Lipinski definition) is 3. The van der Waals surface area contributed by atoms with E-state index in [0.717, 1.165) is 19.0 Å². The van der Waals surface area contributed by atoms with Crippen molar-refractivity contribution in [2.24, 2.45) is 5.92 Å². The fourth-order valence-electron chi connectivity index (χ4n) is 2.98. The van der Waals surface area contributed by atoms with Crippen LogP contribution in [-0.2, 0) is 0 Å². The Morgan fingerprint density at radius 3 is 2.71 bits per heavy atom. The summed E-state index contributed by atoms with van der Waals surface area (Å²) in [7, 11) is 2.11. The van der Waals surface area contributed by atoms with Gasteiger partial charge in [0.25, 0.3) is 0 Å². The van der Waals surface area contributed by atoms with Gasteiger partial charge in [0, 0.05) is 13.1 Å². The molecule has 0 saturated heterocycles. The SMILES string of the molecule is CN(CCOc1ccccc1C(=O)O)CC1CCCCC1. The summed E-state index contributed by atoms with van der Waals surface area (Å²) in [6.07, 6.45) is 6.79. The van der Waals surface area contributed by atoms with Gasteiger partial charge in [-0.15, -0.1) is 0 Å². The van der Waals surface area contributed by atoms with E-state index in [9.17, 15) is 4.79 Å². The molecule has 0 unspecified atom stereocenters. The van der Waals surface area contributed by atoms with Gasteiger partial charge in [-0.2, -0.15) is 0 Å². The third kappa shape index (κ3) is 5.05. The molecule has 0 aliphatic heterocycles. The average molecular weight is 291 g/mol. The number of nitrogens with zero attached hydrogens (tertiary/aromatic N) is 1. The van der Waals surface area contributed by atoms with Gasteiger partial charge in [-0.3, -0.25) is 0 Å². The number of hydrogen-bond donors (Lipinski definition) is 1. The van der Waals surface area contributed by atoms with Crippen molar-refractivity contribution in [1.29, 1.82) is 0 Å². The topological polar surface area (TPSA) is 49.8 Å². The molecule has 0 amide bonds. The molecular weight excluding hydrogens is 266 g/mol. The number of aromatic carboxylic acids is 1. The maximum atomic E-state index is 11.1. The largest absolute Gasteiger partial charge is 0.491 e. The molecule has 0 spiro atoms. The van der Waals surface area contributed by atoms with Crippen molar-refractivity contribution in [2.45, 2.75) is 32.1 Å². The molecule has 1 aliphatic rings. The Kier molecular flexibility index (Phi) is 6.05. The average Bonchev–Trinajstić information content (AvgIpc) is 2.48. The van der Waals surface area contributed by atoms with Gasteiger partial charge >= 0.3 is 5.97 Å². The Bertz CT molecular complexity index is 455. The highest BCUT2D eigenvalue weighted by Gasteiger charge is 2.15. The monoisotopic (exact) mass is 291 g/mol. The van der Waals surface area contributed by atoms with Crippen molar-refractivity contribution in [3.63, 3.8) is 0 Å². The molecule has 4 heteroatoms. The van der Waals surface area contributed by atoms with Crippen LogP contribution in [0.4, 0.5) is 0 Å². The van der Waals surface area contributed by atoms with E-state index in [2.05, 4.69) is 11.9 Å². The number of likely N-dealkylation sites (N-methyl/N-ethyl adjacent to an activating group) is 1. The van der Waals surface area contributed by atoms with Gasteiger partial charge in [0.05, 0.1) is 0 Å². The molecule has 0 atom stereocenters. The van der Waals surface area contributed by atoms with Crippen molar-refractivity contribution in [3.8, 4) is 5.75 Å². The molecule has 0 bridgehead atoms. The molecule has 1 N–H and O–H groups in total. The van der Waals surface area contributed by atoms with E-state index in [1.54, 1.807) is 24.3 Å². The highest BCUT2D eigenvalue weighted by atomic mass is 16.5. The highest BCUT2D eigenvalue weighted by molar-refractivity contribution is 5.90.